The van der Waals surface area contributed by atoms with E-state index in [1.54, 1.807) is 36.4 Å². The summed E-state index contributed by atoms with van der Waals surface area (Å²) in [4.78, 5) is 24.7. The van der Waals surface area contributed by atoms with E-state index in [1.807, 2.05) is 12.1 Å². The molecule has 6 nitrogen and oxygen atoms in total. The minimum absolute atomic E-state index is 0.00296. The first-order chi connectivity index (χ1) is 13.0. The van der Waals surface area contributed by atoms with Crippen LogP contribution in [0.15, 0.2) is 54.6 Å². The second-order valence-electron chi connectivity index (χ2n) is 5.75. The summed E-state index contributed by atoms with van der Waals surface area (Å²) in [5.74, 6) is -0.514. The van der Waals surface area contributed by atoms with Gasteiger partial charge in [-0.2, -0.15) is 0 Å². The van der Waals surface area contributed by atoms with Gasteiger partial charge in [-0.15, -0.1) is 0 Å². The highest BCUT2D eigenvalue weighted by atomic mass is 16.5. The smallest absolute Gasteiger partial charge is 0.342 e. The van der Waals surface area contributed by atoms with Crippen LogP contribution in [0.1, 0.15) is 20.7 Å². The Hall–Kier alpha value is -3.54. The summed E-state index contributed by atoms with van der Waals surface area (Å²) < 4.78 is 15.4. The molecular weight excluding hydrogens is 348 g/mol. The summed E-state index contributed by atoms with van der Waals surface area (Å²) in [6, 6.07) is 15.0. The number of fused-ring (bicyclic) bond motifs is 1. The molecule has 138 valence electrons. The van der Waals surface area contributed by atoms with Gasteiger partial charge in [0.1, 0.15) is 22.8 Å². The predicted molar refractivity (Wildman–Crippen MR) is 99.8 cm³/mol. The first kappa shape index (κ1) is 18.3. The number of aromatic hydroxyl groups is 1. The third-order valence-electron chi connectivity index (χ3n) is 4.16. The highest BCUT2D eigenvalue weighted by molar-refractivity contribution is 6.04. The van der Waals surface area contributed by atoms with Crippen molar-refractivity contribution in [2.45, 2.75) is 0 Å². The van der Waals surface area contributed by atoms with Crippen molar-refractivity contribution in [1.82, 2.24) is 0 Å². The molecule has 0 bridgehead atoms. The summed E-state index contributed by atoms with van der Waals surface area (Å²) in [5, 5.41) is 11.7. The quantitative estimate of drug-likeness (QED) is 0.530. The van der Waals surface area contributed by atoms with Gasteiger partial charge < -0.3 is 19.3 Å². The van der Waals surface area contributed by atoms with Crippen molar-refractivity contribution >= 4 is 22.5 Å². The Morgan fingerprint density at radius 1 is 0.926 bits per heavy atom. The van der Waals surface area contributed by atoms with Crippen molar-refractivity contribution in [2.75, 3.05) is 20.8 Å². The Kier molecular flexibility index (Phi) is 5.26. The van der Waals surface area contributed by atoms with Gasteiger partial charge in [-0.05, 0) is 23.6 Å². The summed E-state index contributed by atoms with van der Waals surface area (Å²) >= 11 is 0. The van der Waals surface area contributed by atoms with Crippen LogP contribution in [-0.2, 0) is 4.74 Å². The van der Waals surface area contributed by atoms with Crippen LogP contribution in [0.5, 0.6) is 17.2 Å². The topological polar surface area (TPSA) is 82.1 Å². The Bertz CT molecular complexity index is 1010. The standard InChI is InChI=1S/C21H18O6/c1-25-14-8-10-16(19(11-14)26-2)18(22)12-27-21(24)17-9-7-13-5-3-4-6-15(13)20(17)23/h3-11,23H,12H2,1-2H3. The molecule has 0 aromatic heterocycles. The maximum atomic E-state index is 12.4. The summed E-state index contributed by atoms with van der Waals surface area (Å²) in [6.07, 6.45) is 0. The van der Waals surface area contributed by atoms with E-state index < -0.39 is 18.4 Å². The lowest BCUT2D eigenvalue weighted by atomic mass is 10.1. The molecule has 3 aromatic rings. The highest BCUT2D eigenvalue weighted by Gasteiger charge is 2.19. The molecule has 0 aliphatic heterocycles. The molecule has 0 aliphatic carbocycles. The van der Waals surface area contributed by atoms with E-state index in [9.17, 15) is 14.7 Å². The second-order valence-corrected chi connectivity index (χ2v) is 5.75. The number of esters is 1. The van der Waals surface area contributed by atoms with Gasteiger partial charge in [0.05, 0.1) is 19.8 Å². The second kappa shape index (κ2) is 7.78. The molecule has 6 heteroatoms. The van der Waals surface area contributed by atoms with Crippen molar-refractivity contribution < 1.29 is 28.9 Å². The molecule has 0 spiro atoms. The van der Waals surface area contributed by atoms with Gasteiger partial charge in [0, 0.05) is 11.5 Å². The zero-order valence-corrected chi connectivity index (χ0v) is 14.9. The molecular formula is C21H18O6. The largest absolute Gasteiger partial charge is 0.506 e. The van der Waals surface area contributed by atoms with Crippen LogP contribution in [0.3, 0.4) is 0 Å². The first-order valence-corrected chi connectivity index (χ1v) is 8.18. The lowest BCUT2D eigenvalue weighted by molar-refractivity contribution is 0.0471. The van der Waals surface area contributed by atoms with E-state index in [2.05, 4.69) is 0 Å². The number of ether oxygens (including phenoxy) is 3. The number of phenolic OH excluding ortho intramolecular Hbond substituents is 1. The van der Waals surface area contributed by atoms with Gasteiger partial charge in [-0.1, -0.05) is 30.3 Å². The van der Waals surface area contributed by atoms with Gasteiger partial charge in [0.2, 0.25) is 5.78 Å². The van der Waals surface area contributed by atoms with Crippen LogP contribution in [0.2, 0.25) is 0 Å². The number of Topliss-reactive ketones (excluding diaryl/α,β-unsaturated/α-hetero) is 1. The zero-order chi connectivity index (χ0) is 19.4. The summed E-state index contributed by atoms with van der Waals surface area (Å²) in [7, 11) is 2.94. The van der Waals surface area contributed by atoms with Gasteiger partial charge in [0.15, 0.2) is 6.61 Å². The number of carbonyl (C=O) groups is 2. The van der Waals surface area contributed by atoms with Crippen molar-refractivity contribution in [1.29, 1.82) is 0 Å². The average Bonchev–Trinajstić information content (AvgIpc) is 2.71. The van der Waals surface area contributed by atoms with Crippen LogP contribution in [0.25, 0.3) is 10.8 Å². The van der Waals surface area contributed by atoms with E-state index in [0.717, 1.165) is 5.39 Å². The molecule has 3 rings (SSSR count). The fourth-order valence-corrected chi connectivity index (χ4v) is 2.74. The zero-order valence-electron chi connectivity index (χ0n) is 14.9. The number of rotatable bonds is 6. The molecule has 0 atom stereocenters. The summed E-state index contributed by atoms with van der Waals surface area (Å²) in [5.41, 5.74) is 0.275. The summed E-state index contributed by atoms with van der Waals surface area (Å²) in [6.45, 7) is -0.478. The SMILES string of the molecule is COc1ccc(C(=O)COC(=O)c2ccc3ccccc3c2O)c(OC)c1. The van der Waals surface area contributed by atoms with E-state index in [1.165, 1.54) is 20.3 Å². The molecule has 0 saturated heterocycles. The van der Waals surface area contributed by atoms with E-state index >= 15 is 0 Å². The van der Waals surface area contributed by atoms with Gasteiger partial charge in [-0.3, -0.25) is 4.79 Å². The number of carbonyl (C=O) groups excluding carboxylic acids is 2. The van der Waals surface area contributed by atoms with Crippen LogP contribution < -0.4 is 9.47 Å². The third kappa shape index (κ3) is 3.69. The average molecular weight is 366 g/mol. The monoisotopic (exact) mass is 366 g/mol. The molecule has 0 aliphatic rings. The van der Waals surface area contributed by atoms with Crippen molar-refractivity contribution in [3.8, 4) is 17.2 Å². The number of phenols is 1. The molecule has 3 aromatic carbocycles. The molecule has 0 radical (unpaired) electrons. The first-order valence-electron chi connectivity index (χ1n) is 8.18. The fraction of sp³-hybridized carbons (Fsp3) is 0.143. The number of hydrogen-bond donors (Lipinski definition) is 1. The Morgan fingerprint density at radius 3 is 2.41 bits per heavy atom. The highest BCUT2D eigenvalue weighted by Crippen LogP contribution is 2.29. The minimum Gasteiger partial charge on any atom is -0.506 e. The number of hydrogen-bond acceptors (Lipinski definition) is 6. The van der Waals surface area contributed by atoms with Gasteiger partial charge >= 0.3 is 5.97 Å². The Morgan fingerprint density at radius 2 is 1.67 bits per heavy atom. The molecule has 1 N–H and O–H groups in total. The minimum atomic E-state index is -0.779. The molecule has 0 unspecified atom stereocenters. The number of methoxy groups -OCH3 is 2. The molecule has 0 heterocycles. The van der Waals surface area contributed by atoms with E-state index in [0.29, 0.717) is 16.9 Å². The van der Waals surface area contributed by atoms with Crippen LogP contribution >= 0.6 is 0 Å². The third-order valence-corrected chi connectivity index (χ3v) is 4.16. The van der Waals surface area contributed by atoms with Crippen molar-refractivity contribution in [3.63, 3.8) is 0 Å². The number of ketones is 1. The lowest BCUT2D eigenvalue weighted by Gasteiger charge is -2.11. The maximum absolute atomic E-state index is 12.4. The number of benzene rings is 3. The van der Waals surface area contributed by atoms with Gasteiger partial charge in [0.25, 0.3) is 0 Å². The van der Waals surface area contributed by atoms with Crippen molar-refractivity contribution in [2.24, 2.45) is 0 Å². The molecule has 27 heavy (non-hydrogen) atoms. The van der Waals surface area contributed by atoms with E-state index in [-0.39, 0.29) is 16.9 Å². The van der Waals surface area contributed by atoms with Crippen LogP contribution in [0, 0.1) is 0 Å². The fourth-order valence-electron chi connectivity index (χ4n) is 2.74. The molecule has 0 amide bonds. The van der Waals surface area contributed by atoms with Crippen molar-refractivity contribution in [3.05, 3.63) is 65.7 Å². The molecule has 0 saturated carbocycles. The Labute approximate surface area is 155 Å². The molecule has 0 fully saturated rings. The lowest BCUT2D eigenvalue weighted by Crippen LogP contribution is -2.15. The van der Waals surface area contributed by atoms with E-state index in [4.69, 9.17) is 14.2 Å². The normalized spacial score (nSPS) is 10.4. The maximum Gasteiger partial charge on any atom is 0.342 e. The van der Waals surface area contributed by atoms with Crippen LogP contribution in [0.4, 0.5) is 0 Å². The van der Waals surface area contributed by atoms with Gasteiger partial charge in [-0.25, -0.2) is 4.79 Å². The Balaban J connectivity index is 1.76. The predicted octanol–water partition coefficient (Wildman–Crippen LogP) is 3.60. The van der Waals surface area contributed by atoms with Crippen LogP contribution in [-0.4, -0.2) is 37.7 Å².